The van der Waals surface area contributed by atoms with Gasteiger partial charge in [0.05, 0.1) is 7.11 Å². The van der Waals surface area contributed by atoms with Gasteiger partial charge in [-0.3, -0.25) is 4.90 Å². The smallest absolute Gasteiger partial charge is 0.218 e. The fourth-order valence-electron chi connectivity index (χ4n) is 2.79. The average Bonchev–Trinajstić information content (AvgIpc) is 2.93. The summed E-state index contributed by atoms with van der Waals surface area (Å²) in [5, 5.41) is 4.78. The number of hydrogen-bond acceptors (Lipinski definition) is 5. The monoisotopic (exact) mass is 352 g/mol. The van der Waals surface area contributed by atoms with Crippen LogP contribution in [-0.4, -0.2) is 41.1 Å². The molecular weight excluding hydrogens is 335 g/mol. The molecule has 1 aromatic carbocycles. The number of hydrogen-bond donors (Lipinski definition) is 1. The molecule has 1 atom stereocenters. The van der Waals surface area contributed by atoms with Crippen LogP contribution in [-0.2, 0) is 6.54 Å². The quantitative estimate of drug-likeness (QED) is 0.892. The number of benzene rings is 1. The second kappa shape index (κ2) is 7.34. The minimum absolute atomic E-state index is 0.351. The van der Waals surface area contributed by atoms with Crippen molar-refractivity contribution in [3.05, 3.63) is 46.2 Å². The van der Waals surface area contributed by atoms with E-state index in [-0.39, 0.29) is 0 Å². The molecule has 5 nitrogen and oxygen atoms in total. The maximum absolute atomic E-state index is 6.06. The van der Waals surface area contributed by atoms with E-state index < -0.39 is 0 Å². The molecule has 2 heterocycles. The van der Waals surface area contributed by atoms with E-state index in [1.165, 1.54) is 6.33 Å². The van der Waals surface area contributed by atoms with Gasteiger partial charge in [0.15, 0.2) is 0 Å². The normalized spacial score (nSPS) is 18.1. The van der Waals surface area contributed by atoms with Crippen molar-refractivity contribution in [3.8, 4) is 5.88 Å². The van der Waals surface area contributed by atoms with Gasteiger partial charge in [-0.2, -0.15) is 0 Å². The molecule has 1 aliphatic rings. The summed E-state index contributed by atoms with van der Waals surface area (Å²) in [5.74, 6) is 1.35. The molecule has 0 spiro atoms. The molecule has 3 rings (SSSR count). The summed E-state index contributed by atoms with van der Waals surface area (Å²) >= 11 is 12.1. The van der Waals surface area contributed by atoms with Crippen LogP contribution >= 0.6 is 23.2 Å². The molecule has 1 saturated heterocycles. The molecule has 23 heavy (non-hydrogen) atoms. The standard InChI is InChI=1S/C16H18Cl2N4O/c1-23-16-7-15(19-10-20-16)21-14-2-3-22(9-14)8-11-4-12(17)6-13(18)5-11/h4-7,10,14H,2-3,8-9H2,1H3,(H,19,20,21). The number of rotatable bonds is 5. The highest BCUT2D eigenvalue weighted by Crippen LogP contribution is 2.22. The van der Waals surface area contributed by atoms with Crippen LogP contribution in [0.2, 0.25) is 10.0 Å². The first kappa shape index (κ1) is 16.3. The van der Waals surface area contributed by atoms with Gasteiger partial charge in [0.1, 0.15) is 12.1 Å². The van der Waals surface area contributed by atoms with Crippen LogP contribution in [0.1, 0.15) is 12.0 Å². The number of aromatic nitrogens is 2. The van der Waals surface area contributed by atoms with E-state index in [2.05, 4.69) is 20.2 Å². The Kier molecular flexibility index (Phi) is 5.20. The lowest BCUT2D eigenvalue weighted by Crippen LogP contribution is -2.26. The Bertz CT molecular complexity index is 663. The second-order valence-electron chi connectivity index (χ2n) is 5.59. The maximum atomic E-state index is 6.06. The molecule has 7 heteroatoms. The van der Waals surface area contributed by atoms with Crippen LogP contribution in [0.5, 0.6) is 5.88 Å². The Labute approximate surface area is 145 Å². The molecule has 0 radical (unpaired) electrons. The van der Waals surface area contributed by atoms with Gasteiger partial charge in [0.2, 0.25) is 5.88 Å². The Morgan fingerprint density at radius 3 is 2.74 bits per heavy atom. The van der Waals surface area contributed by atoms with E-state index in [4.69, 9.17) is 27.9 Å². The SMILES string of the molecule is COc1cc(NC2CCN(Cc3cc(Cl)cc(Cl)c3)C2)ncn1. The minimum atomic E-state index is 0.351. The predicted molar refractivity (Wildman–Crippen MR) is 92.4 cm³/mol. The molecule has 0 bridgehead atoms. The number of halogens is 2. The third-order valence-corrected chi connectivity index (χ3v) is 4.24. The second-order valence-corrected chi connectivity index (χ2v) is 6.46. The lowest BCUT2D eigenvalue weighted by molar-refractivity contribution is 0.328. The van der Waals surface area contributed by atoms with E-state index in [0.29, 0.717) is 22.0 Å². The van der Waals surface area contributed by atoms with Crippen molar-refractivity contribution in [1.82, 2.24) is 14.9 Å². The van der Waals surface area contributed by atoms with Gasteiger partial charge in [-0.15, -0.1) is 0 Å². The molecular formula is C16H18Cl2N4O. The molecule has 2 aromatic rings. The van der Waals surface area contributed by atoms with Crippen molar-refractivity contribution in [2.75, 3.05) is 25.5 Å². The minimum Gasteiger partial charge on any atom is -0.481 e. The molecule has 0 aliphatic carbocycles. The lowest BCUT2D eigenvalue weighted by atomic mass is 10.2. The van der Waals surface area contributed by atoms with E-state index in [0.717, 1.165) is 37.4 Å². The highest BCUT2D eigenvalue weighted by Gasteiger charge is 2.23. The maximum Gasteiger partial charge on any atom is 0.218 e. The van der Waals surface area contributed by atoms with Crippen molar-refractivity contribution in [2.45, 2.75) is 19.0 Å². The fraction of sp³-hybridized carbons (Fsp3) is 0.375. The molecule has 1 unspecified atom stereocenters. The van der Waals surface area contributed by atoms with Crippen LogP contribution in [0, 0.1) is 0 Å². The van der Waals surface area contributed by atoms with Crippen LogP contribution in [0.25, 0.3) is 0 Å². The first-order valence-corrected chi connectivity index (χ1v) is 8.18. The number of nitrogens with zero attached hydrogens (tertiary/aromatic N) is 3. The van der Waals surface area contributed by atoms with Gasteiger partial charge >= 0.3 is 0 Å². The van der Waals surface area contributed by atoms with Crippen LogP contribution in [0.3, 0.4) is 0 Å². The van der Waals surface area contributed by atoms with Crippen LogP contribution in [0.4, 0.5) is 5.82 Å². The summed E-state index contributed by atoms with van der Waals surface area (Å²) in [5.41, 5.74) is 1.13. The van der Waals surface area contributed by atoms with Gasteiger partial charge in [-0.25, -0.2) is 9.97 Å². The van der Waals surface area contributed by atoms with Crippen LogP contribution < -0.4 is 10.1 Å². The Balaban J connectivity index is 1.57. The van der Waals surface area contributed by atoms with Gasteiger partial charge < -0.3 is 10.1 Å². The zero-order valence-electron chi connectivity index (χ0n) is 12.8. The Morgan fingerprint density at radius 1 is 1.22 bits per heavy atom. The summed E-state index contributed by atoms with van der Waals surface area (Å²) < 4.78 is 5.12. The van der Waals surface area contributed by atoms with Gasteiger partial charge in [0, 0.05) is 41.8 Å². The summed E-state index contributed by atoms with van der Waals surface area (Å²) in [6, 6.07) is 7.83. The number of nitrogens with one attached hydrogen (secondary N) is 1. The highest BCUT2D eigenvalue weighted by atomic mass is 35.5. The first-order valence-electron chi connectivity index (χ1n) is 7.42. The number of ether oxygens (including phenoxy) is 1. The van der Waals surface area contributed by atoms with Gasteiger partial charge in [-0.05, 0) is 30.2 Å². The molecule has 1 aromatic heterocycles. The van der Waals surface area contributed by atoms with Gasteiger partial charge in [-0.1, -0.05) is 23.2 Å². The number of anilines is 1. The van der Waals surface area contributed by atoms with Crippen molar-refractivity contribution < 1.29 is 4.74 Å². The number of likely N-dealkylation sites (tertiary alicyclic amines) is 1. The molecule has 1 fully saturated rings. The summed E-state index contributed by atoms with van der Waals surface area (Å²) in [6.45, 7) is 2.80. The van der Waals surface area contributed by atoms with Gasteiger partial charge in [0.25, 0.3) is 0 Å². The average molecular weight is 353 g/mol. The van der Waals surface area contributed by atoms with Crippen LogP contribution in [0.15, 0.2) is 30.6 Å². The van der Waals surface area contributed by atoms with Crippen molar-refractivity contribution in [2.24, 2.45) is 0 Å². The number of methoxy groups -OCH3 is 1. The third-order valence-electron chi connectivity index (χ3n) is 3.80. The van der Waals surface area contributed by atoms with E-state index in [9.17, 15) is 0 Å². The summed E-state index contributed by atoms with van der Waals surface area (Å²) in [7, 11) is 1.60. The lowest BCUT2D eigenvalue weighted by Gasteiger charge is -2.17. The molecule has 0 amide bonds. The summed E-state index contributed by atoms with van der Waals surface area (Å²) in [6.07, 6.45) is 2.56. The molecule has 0 saturated carbocycles. The third kappa shape index (κ3) is 4.47. The topological polar surface area (TPSA) is 50.3 Å². The highest BCUT2D eigenvalue weighted by molar-refractivity contribution is 6.34. The Morgan fingerprint density at radius 2 is 2.00 bits per heavy atom. The predicted octanol–water partition coefficient (Wildman–Crippen LogP) is 3.48. The van der Waals surface area contributed by atoms with Crippen molar-refractivity contribution in [3.63, 3.8) is 0 Å². The molecule has 1 aliphatic heterocycles. The Hall–Kier alpha value is -1.56. The fourth-order valence-corrected chi connectivity index (χ4v) is 3.36. The van der Waals surface area contributed by atoms with E-state index in [1.54, 1.807) is 19.2 Å². The van der Waals surface area contributed by atoms with E-state index in [1.807, 2.05) is 12.1 Å². The summed E-state index contributed by atoms with van der Waals surface area (Å²) in [4.78, 5) is 10.6. The van der Waals surface area contributed by atoms with Crippen molar-refractivity contribution in [1.29, 1.82) is 0 Å². The molecule has 1 N–H and O–H groups in total. The van der Waals surface area contributed by atoms with Crippen molar-refractivity contribution >= 4 is 29.0 Å². The first-order chi connectivity index (χ1) is 11.1. The molecule has 122 valence electrons. The zero-order valence-corrected chi connectivity index (χ0v) is 14.3. The van der Waals surface area contributed by atoms with E-state index >= 15 is 0 Å². The zero-order chi connectivity index (χ0) is 16.2. The largest absolute Gasteiger partial charge is 0.481 e.